The summed E-state index contributed by atoms with van der Waals surface area (Å²) < 4.78 is 0. The standard InChI is InChI=1S/C13H17Cl3/c1-2-5-10(14)6-3-7-11-12(15)8-4-9-13(11)16/h4,8-10H,2-3,5-7H2,1H3. The third-order valence-electron chi connectivity index (χ3n) is 2.61. The lowest BCUT2D eigenvalue weighted by Gasteiger charge is -2.09. The molecule has 1 aromatic carbocycles. The van der Waals surface area contributed by atoms with Crippen molar-refractivity contribution in [2.45, 2.75) is 44.4 Å². The van der Waals surface area contributed by atoms with E-state index in [0.29, 0.717) is 0 Å². The van der Waals surface area contributed by atoms with Gasteiger partial charge in [-0.3, -0.25) is 0 Å². The summed E-state index contributed by atoms with van der Waals surface area (Å²) in [4.78, 5) is 0. The molecule has 0 N–H and O–H groups in total. The van der Waals surface area contributed by atoms with Crippen LogP contribution in [0.1, 0.15) is 38.2 Å². The molecule has 16 heavy (non-hydrogen) atoms. The Morgan fingerprint density at radius 1 is 1.12 bits per heavy atom. The van der Waals surface area contributed by atoms with Crippen LogP contribution in [0.4, 0.5) is 0 Å². The fourth-order valence-corrected chi connectivity index (χ4v) is 2.69. The first-order valence-corrected chi connectivity index (χ1v) is 6.91. The minimum atomic E-state index is 0.284. The minimum absolute atomic E-state index is 0.284. The van der Waals surface area contributed by atoms with Gasteiger partial charge in [-0.15, -0.1) is 11.6 Å². The largest absolute Gasteiger partial charge is 0.123 e. The molecule has 0 aliphatic carbocycles. The van der Waals surface area contributed by atoms with E-state index in [0.717, 1.165) is 47.7 Å². The van der Waals surface area contributed by atoms with Crippen LogP contribution in [0.2, 0.25) is 10.0 Å². The first-order valence-electron chi connectivity index (χ1n) is 5.72. The van der Waals surface area contributed by atoms with Gasteiger partial charge in [0.15, 0.2) is 0 Å². The topological polar surface area (TPSA) is 0 Å². The number of hydrogen-bond donors (Lipinski definition) is 0. The molecule has 0 aromatic heterocycles. The molecule has 0 radical (unpaired) electrons. The van der Waals surface area contributed by atoms with Gasteiger partial charge in [-0.25, -0.2) is 0 Å². The van der Waals surface area contributed by atoms with Gasteiger partial charge in [0.1, 0.15) is 0 Å². The number of hydrogen-bond acceptors (Lipinski definition) is 0. The summed E-state index contributed by atoms with van der Waals surface area (Å²) in [5, 5.41) is 1.80. The average Bonchev–Trinajstić information content (AvgIpc) is 2.23. The van der Waals surface area contributed by atoms with Crippen LogP contribution >= 0.6 is 34.8 Å². The SMILES string of the molecule is CCCC(Cl)CCCc1c(Cl)cccc1Cl. The third-order valence-corrected chi connectivity index (χ3v) is 3.75. The lowest BCUT2D eigenvalue weighted by Crippen LogP contribution is -1.99. The summed E-state index contributed by atoms with van der Waals surface area (Å²) in [5.74, 6) is 0. The fourth-order valence-electron chi connectivity index (χ4n) is 1.73. The smallest absolute Gasteiger partial charge is 0.0452 e. The van der Waals surface area contributed by atoms with Crippen molar-refractivity contribution >= 4 is 34.8 Å². The number of alkyl halides is 1. The van der Waals surface area contributed by atoms with E-state index in [1.165, 1.54) is 0 Å². The monoisotopic (exact) mass is 278 g/mol. The Morgan fingerprint density at radius 2 is 1.75 bits per heavy atom. The van der Waals surface area contributed by atoms with Crippen LogP contribution in [0.25, 0.3) is 0 Å². The molecule has 90 valence electrons. The normalized spacial score (nSPS) is 12.8. The zero-order valence-corrected chi connectivity index (χ0v) is 11.7. The van der Waals surface area contributed by atoms with Crippen molar-refractivity contribution in [3.05, 3.63) is 33.8 Å². The van der Waals surface area contributed by atoms with Gasteiger partial charge in [-0.05, 0) is 43.4 Å². The van der Waals surface area contributed by atoms with Crippen molar-refractivity contribution in [2.75, 3.05) is 0 Å². The summed E-state index contributed by atoms with van der Waals surface area (Å²) in [6.07, 6.45) is 5.19. The summed E-state index contributed by atoms with van der Waals surface area (Å²) in [6.45, 7) is 2.15. The molecule has 0 amide bonds. The fraction of sp³-hybridized carbons (Fsp3) is 0.538. The van der Waals surface area contributed by atoms with Crippen LogP contribution in [-0.2, 0) is 6.42 Å². The van der Waals surface area contributed by atoms with E-state index < -0.39 is 0 Å². The Bertz CT molecular complexity index is 303. The highest BCUT2D eigenvalue weighted by molar-refractivity contribution is 6.35. The van der Waals surface area contributed by atoms with Crippen LogP contribution in [0, 0.1) is 0 Å². The minimum Gasteiger partial charge on any atom is -0.123 e. The van der Waals surface area contributed by atoms with Crippen LogP contribution in [0.3, 0.4) is 0 Å². The van der Waals surface area contributed by atoms with Gasteiger partial charge >= 0.3 is 0 Å². The zero-order chi connectivity index (χ0) is 12.0. The quantitative estimate of drug-likeness (QED) is 0.584. The average molecular weight is 280 g/mol. The second-order valence-electron chi connectivity index (χ2n) is 3.98. The molecule has 3 heteroatoms. The van der Waals surface area contributed by atoms with E-state index in [-0.39, 0.29) is 5.38 Å². The molecule has 0 nitrogen and oxygen atoms in total. The van der Waals surface area contributed by atoms with Crippen LogP contribution in [0.15, 0.2) is 18.2 Å². The van der Waals surface area contributed by atoms with Crippen molar-refractivity contribution in [1.29, 1.82) is 0 Å². The van der Waals surface area contributed by atoms with E-state index in [4.69, 9.17) is 34.8 Å². The van der Waals surface area contributed by atoms with Crippen molar-refractivity contribution in [3.63, 3.8) is 0 Å². The molecule has 0 spiro atoms. The molecule has 1 atom stereocenters. The molecule has 0 saturated carbocycles. The Kier molecular flexibility index (Phi) is 6.57. The van der Waals surface area contributed by atoms with Gasteiger partial charge in [0.25, 0.3) is 0 Å². The Balaban J connectivity index is 2.43. The van der Waals surface area contributed by atoms with Crippen LogP contribution in [0.5, 0.6) is 0 Å². The van der Waals surface area contributed by atoms with Crippen molar-refractivity contribution in [1.82, 2.24) is 0 Å². The summed E-state index contributed by atoms with van der Waals surface area (Å²) in [5.41, 5.74) is 1.05. The van der Waals surface area contributed by atoms with Crippen molar-refractivity contribution in [2.24, 2.45) is 0 Å². The van der Waals surface area contributed by atoms with E-state index in [1.807, 2.05) is 18.2 Å². The maximum atomic E-state index is 6.16. The van der Waals surface area contributed by atoms with Crippen molar-refractivity contribution < 1.29 is 0 Å². The van der Waals surface area contributed by atoms with E-state index in [1.54, 1.807) is 0 Å². The predicted molar refractivity (Wildman–Crippen MR) is 73.9 cm³/mol. The molecule has 1 aromatic rings. The van der Waals surface area contributed by atoms with Gasteiger partial charge in [-0.1, -0.05) is 42.6 Å². The molecule has 1 rings (SSSR count). The second kappa shape index (κ2) is 7.42. The second-order valence-corrected chi connectivity index (χ2v) is 5.41. The Morgan fingerprint density at radius 3 is 2.31 bits per heavy atom. The maximum Gasteiger partial charge on any atom is 0.0452 e. The number of rotatable bonds is 6. The van der Waals surface area contributed by atoms with Gasteiger partial charge in [0.05, 0.1) is 0 Å². The zero-order valence-electron chi connectivity index (χ0n) is 9.48. The summed E-state index contributed by atoms with van der Waals surface area (Å²) in [7, 11) is 0. The highest BCUT2D eigenvalue weighted by Crippen LogP contribution is 2.26. The molecule has 1 unspecified atom stereocenters. The highest BCUT2D eigenvalue weighted by Gasteiger charge is 2.07. The predicted octanol–water partition coefficient (Wildman–Crippen LogP) is 5.72. The van der Waals surface area contributed by atoms with Crippen LogP contribution in [-0.4, -0.2) is 5.38 Å². The number of halogens is 3. The van der Waals surface area contributed by atoms with E-state index in [9.17, 15) is 0 Å². The lowest BCUT2D eigenvalue weighted by atomic mass is 10.1. The molecule has 0 fully saturated rings. The lowest BCUT2D eigenvalue weighted by molar-refractivity contribution is 0.640. The first-order chi connectivity index (χ1) is 7.65. The van der Waals surface area contributed by atoms with Gasteiger partial charge in [0.2, 0.25) is 0 Å². The Hall–Kier alpha value is 0.0900. The van der Waals surface area contributed by atoms with E-state index in [2.05, 4.69) is 6.92 Å². The third kappa shape index (κ3) is 4.53. The van der Waals surface area contributed by atoms with Gasteiger partial charge in [-0.2, -0.15) is 0 Å². The Labute approximate surface area is 113 Å². The molecular weight excluding hydrogens is 263 g/mol. The summed E-state index contributed by atoms with van der Waals surface area (Å²) in [6, 6.07) is 5.63. The molecular formula is C13H17Cl3. The van der Waals surface area contributed by atoms with Crippen LogP contribution < -0.4 is 0 Å². The van der Waals surface area contributed by atoms with Gasteiger partial charge in [0, 0.05) is 15.4 Å². The number of benzene rings is 1. The van der Waals surface area contributed by atoms with E-state index >= 15 is 0 Å². The first kappa shape index (κ1) is 14.2. The highest BCUT2D eigenvalue weighted by atomic mass is 35.5. The molecule has 0 heterocycles. The summed E-state index contributed by atoms with van der Waals surface area (Å²) >= 11 is 18.3. The molecule has 0 bridgehead atoms. The molecule has 0 aliphatic rings. The maximum absolute atomic E-state index is 6.16. The van der Waals surface area contributed by atoms with Crippen molar-refractivity contribution in [3.8, 4) is 0 Å². The molecule has 0 saturated heterocycles. The molecule has 0 aliphatic heterocycles. The van der Waals surface area contributed by atoms with Gasteiger partial charge < -0.3 is 0 Å².